The molecule has 1 fully saturated rings. The summed E-state index contributed by atoms with van der Waals surface area (Å²) in [5, 5.41) is 2.99. The number of carbonyl (C=O) groups is 1. The summed E-state index contributed by atoms with van der Waals surface area (Å²) < 4.78 is 26.6. The number of aromatic nitrogens is 2. The van der Waals surface area contributed by atoms with Crippen molar-refractivity contribution < 1.29 is 13.2 Å². The second-order valence-electron chi connectivity index (χ2n) is 6.90. The third-order valence-corrected chi connectivity index (χ3v) is 6.56. The van der Waals surface area contributed by atoms with Gasteiger partial charge in [0.25, 0.3) is 10.0 Å². The zero-order valence-corrected chi connectivity index (χ0v) is 16.4. The normalized spacial score (nSPS) is 18.2. The molecule has 1 aromatic carbocycles. The van der Waals surface area contributed by atoms with Gasteiger partial charge in [0.15, 0.2) is 5.03 Å². The van der Waals surface area contributed by atoms with E-state index in [9.17, 15) is 13.2 Å². The highest BCUT2D eigenvalue weighted by atomic mass is 32.2. The van der Waals surface area contributed by atoms with Crippen LogP contribution >= 0.6 is 0 Å². The van der Waals surface area contributed by atoms with Crippen LogP contribution in [0.2, 0.25) is 0 Å². The Morgan fingerprint density at radius 3 is 2.70 bits per heavy atom. The summed E-state index contributed by atoms with van der Waals surface area (Å²) in [5.41, 5.74) is 2.10. The number of nitrogens with one attached hydrogen (secondary N) is 2. The van der Waals surface area contributed by atoms with E-state index in [1.165, 1.54) is 16.8 Å². The van der Waals surface area contributed by atoms with E-state index >= 15 is 0 Å². The highest BCUT2D eigenvalue weighted by Crippen LogP contribution is 2.23. The van der Waals surface area contributed by atoms with Crippen LogP contribution in [0.3, 0.4) is 0 Å². The largest absolute Gasteiger partial charge is 0.378 e. The van der Waals surface area contributed by atoms with Gasteiger partial charge in [0, 0.05) is 39.4 Å². The molecule has 8 nitrogen and oxygen atoms in total. The first-order chi connectivity index (χ1) is 12.9. The highest BCUT2D eigenvalue weighted by molar-refractivity contribution is 7.89. The van der Waals surface area contributed by atoms with Crippen molar-refractivity contribution in [1.82, 2.24) is 19.6 Å². The zero-order valence-electron chi connectivity index (χ0n) is 15.6. The molecule has 1 aliphatic heterocycles. The molecule has 2 heterocycles. The number of anilines is 1. The Morgan fingerprint density at radius 1 is 1.33 bits per heavy atom. The minimum atomic E-state index is -3.63. The Balaban J connectivity index is 1.58. The van der Waals surface area contributed by atoms with E-state index in [0.29, 0.717) is 25.9 Å². The molecule has 9 heteroatoms. The maximum atomic E-state index is 12.6. The number of hydrogen-bond acceptors (Lipinski definition) is 5. The van der Waals surface area contributed by atoms with Gasteiger partial charge in [-0.1, -0.05) is 12.1 Å². The Hall–Kier alpha value is -2.39. The number of aromatic amines is 1. The first kappa shape index (κ1) is 19.4. The smallest absolute Gasteiger partial charge is 0.260 e. The van der Waals surface area contributed by atoms with Crippen LogP contribution in [0, 0.1) is 5.92 Å². The van der Waals surface area contributed by atoms with E-state index in [2.05, 4.69) is 15.3 Å². The number of amides is 1. The molecule has 1 saturated heterocycles. The van der Waals surface area contributed by atoms with Gasteiger partial charge in [-0.15, -0.1) is 0 Å². The number of nitrogens with zero attached hydrogens (tertiary/aromatic N) is 3. The molecule has 2 aromatic rings. The molecule has 0 aliphatic carbocycles. The van der Waals surface area contributed by atoms with Gasteiger partial charge >= 0.3 is 0 Å². The van der Waals surface area contributed by atoms with Gasteiger partial charge in [-0.05, 0) is 30.5 Å². The van der Waals surface area contributed by atoms with Crippen LogP contribution < -0.4 is 10.2 Å². The maximum absolute atomic E-state index is 12.6. The Labute approximate surface area is 159 Å². The van der Waals surface area contributed by atoms with Crippen LogP contribution in [0.1, 0.15) is 18.4 Å². The lowest BCUT2D eigenvalue weighted by Gasteiger charge is -2.30. The van der Waals surface area contributed by atoms with Gasteiger partial charge in [-0.3, -0.25) is 4.79 Å². The van der Waals surface area contributed by atoms with Gasteiger partial charge in [-0.2, -0.15) is 4.31 Å². The maximum Gasteiger partial charge on any atom is 0.260 e. The lowest BCUT2D eigenvalue weighted by atomic mass is 9.99. The van der Waals surface area contributed by atoms with Crippen molar-refractivity contribution >= 4 is 21.6 Å². The topological polar surface area (TPSA) is 98.4 Å². The van der Waals surface area contributed by atoms with Crippen molar-refractivity contribution in [2.75, 3.05) is 32.1 Å². The van der Waals surface area contributed by atoms with Gasteiger partial charge in [0.1, 0.15) is 0 Å². The molecule has 1 aliphatic rings. The number of rotatable bonds is 6. The second-order valence-corrected chi connectivity index (χ2v) is 8.80. The number of benzene rings is 1. The molecule has 1 aromatic heterocycles. The minimum Gasteiger partial charge on any atom is -0.378 e. The molecule has 0 saturated carbocycles. The molecule has 27 heavy (non-hydrogen) atoms. The summed E-state index contributed by atoms with van der Waals surface area (Å²) in [4.78, 5) is 21.0. The summed E-state index contributed by atoms with van der Waals surface area (Å²) in [7, 11) is 0.316. The average molecular weight is 391 g/mol. The summed E-state index contributed by atoms with van der Waals surface area (Å²) >= 11 is 0. The quantitative estimate of drug-likeness (QED) is 0.771. The van der Waals surface area contributed by atoms with E-state index in [1.807, 2.05) is 43.3 Å². The lowest BCUT2D eigenvalue weighted by Crippen LogP contribution is -2.45. The number of carbonyl (C=O) groups excluding carboxylic acids is 1. The zero-order chi connectivity index (χ0) is 19.4. The highest BCUT2D eigenvalue weighted by Gasteiger charge is 2.33. The van der Waals surface area contributed by atoms with Crippen LogP contribution in [0.4, 0.5) is 5.69 Å². The van der Waals surface area contributed by atoms with Crippen LogP contribution in [0.15, 0.2) is 41.8 Å². The fourth-order valence-corrected chi connectivity index (χ4v) is 4.56. The lowest BCUT2D eigenvalue weighted by molar-refractivity contribution is -0.126. The molecule has 0 bridgehead atoms. The molecule has 146 valence electrons. The first-order valence-corrected chi connectivity index (χ1v) is 10.3. The fraction of sp³-hybridized carbons (Fsp3) is 0.444. The molecule has 2 N–H and O–H groups in total. The van der Waals surface area contributed by atoms with Gasteiger partial charge in [0.05, 0.1) is 18.4 Å². The number of sulfonamides is 1. The molecule has 0 spiro atoms. The molecule has 1 unspecified atom stereocenters. The number of hydrogen-bond donors (Lipinski definition) is 2. The van der Waals surface area contributed by atoms with E-state index < -0.39 is 10.0 Å². The summed E-state index contributed by atoms with van der Waals surface area (Å²) in [6, 6.07) is 7.96. The fourth-order valence-electron chi connectivity index (χ4n) is 3.14. The van der Waals surface area contributed by atoms with Crippen LogP contribution in [0.25, 0.3) is 0 Å². The third-order valence-electron chi connectivity index (χ3n) is 4.77. The Kier molecular flexibility index (Phi) is 5.81. The molecular weight excluding hydrogens is 366 g/mol. The molecule has 3 rings (SSSR count). The van der Waals surface area contributed by atoms with Crippen LogP contribution in [-0.4, -0.2) is 55.8 Å². The predicted octanol–water partition coefficient (Wildman–Crippen LogP) is 1.19. The van der Waals surface area contributed by atoms with Gasteiger partial charge in [0.2, 0.25) is 5.91 Å². The Bertz CT molecular complexity index is 863. The molecule has 1 atom stereocenters. The van der Waals surface area contributed by atoms with Crippen molar-refractivity contribution in [3.63, 3.8) is 0 Å². The Morgan fingerprint density at radius 2 is 2.07 bits per heavy atom. The second kappa shape index (κ2) is 8.10. The molecular formula is C18H25N5O3S. The third kappa shape index (κ3) is 4.48. The van der Waals surface area contributed by atoms with Gasteiger partial charge in [-0.25, -0.2) is 13.4 Å². The van der Waals surface area contributed by atoms with E-state index in [-0.39, 0.29) is 23.4 Å². The van der Waals surface area contributed by atoms with E-state index in [1.54, 1.807) is 0 Å². The van der Waals surface area contributed by atoms with Crippen molar-refractivity contribution in [3.05, 3.63) is 42.4 Å². The van der Waals surface area contributed by atoms with E-state index in [0.717, 1.165) is 11.3 Å². The number of imidazole rings is 1. The molecule has 1 amide bonds. The van der Waals surface area contributed by atoms with Gasteiger partial charge < -0.3 is 15.2 Å². The monoisotopic (exact) mass is 391 g/mol. The standard InChI is InChI=1S/C18H25N5O3S/c1-22(2)16-7-5-14(6-8-16)10-20-18(24)15-4-3-9-23(12-15)27(25,26)17-11-19-13-21-17/h5-8,11,13,15H,3-4,9-10,12H2,1-2H3,(H,19,21)(H,20,24). The summed E-state index contributed by atoms with van der Waals surface area (Å²) in [6.45, 7) is 1.03. The summed E-state index contributed by atoms with van der Waals surface area (Å²) in [6.07, 6.45) is 3.96. The number of piperidine rings is 1. The van der Waals surface area contributed by atoms with E-state index in [4.69, 9.17) is 0 Å². The minimum absolute atomic E-state index is 0.0598. The summed E-state index contributed by atoms with van der Waals surface area (Å²) in [5.74, 6) is -0.464. The predicted molar refractivity (Wildman–Crippen MR) is 103 cm³/mol. The van der Waals surface area contributed by atoms with Crippen molar-refractivity contribution in [2.45, 2.75) is 24.4 Å². The SMILES string of the molecule is CN(C)c1ccc(CNC(=O)C2CCCN(S(=O)(=O)c3cnc[nH]3)C2)cc1. The van der Waals surface area contributed by atoms with Crippen molar-refractivity contribution in [3.8, 4) is 0 Å². The number of H-pyrrole nitrogens is 1. The molecule has 0 radical (unpaired) electrons. The first-order valence-electron chi connectivity index (χ1n) is 8.90. The van der Waals surface area contributed by atoms with Crippen LogP contribution in [0.5, 0.6) is 0 Å². The average Bonchev–Trinajstić information content (AvgIpc) is 3.22. The van der Waals surface area contributed by atoms with Crippen LogP contribution in [-0.2, 0) is 21.4 Å². The van der Waals surface area contributed by atoms with Crippen molar-refractivity contribution in [2.24, 2.45) is 5.92 Å². The van der Waals surface area contributed by atoms with Crippen molar-refractivity contribution in [1.29, 1.82) is 0 Å².